The number of carbonyl (C=O) groups excluding carboxylic acids is 2. The van der Waals surface area contributed by atoms with E-state index in [1.165, 1.54) is 36.5 Å². The number of nitro groups is 1. The third kappa shape index (κ3) is 3.34. The highest BCUT2D eigenvalue weighted by atomic mass is 16.6. The van der Waals surface area contributed by atoms with E-state index in [9.17, 15) is 19.7 Å². The Balaban J connectivity index is 2.29. The quantitative estimate of drug-likeness (QED) is 0.602. The minimum absolute atomic E-state index is 0.0740. The molecule has 0 spiro atoms. The molecule has 1 atom stereocenters. The van der Waals surface area contributed by atoms with Gasteiger partial charge < -0.3 is 10.6 Å². The lowest BCUT2D eigenvalue weighted by molar-refractivity contribution is -0.386. The lowest BCUT2D eigenvalue weighted by atomic mass is 10.2. The van der Waals surface area contributed by atoms with Gasteiger partial charge in [0.2, 0.25) is 5.91 Å². The number of rotatable bonds is 5. The molecule has 11 nitrogen and oxygen atoms in total. The van der Waals surface area contributed by atoms with Crippen LogP contribution in [0.2, 0.25) is 0 Å². The molecule has 0 aromatic carbocycles. The van der Waals surface area contributed by atoms with Gasteiger partial charge in [-0.25, -0.2) is 0 Å². The highest BCUT2D eigenvalue weighted by Gasteiger charge is 2.28. The molecule has 2 amide bonds. The average Bonchev–Trinajstić information content (AvgIpc) is 3.05. The van der Waals surface area contributed by atoms with Crippen LogP contribution in [-0.4, -0.2) is 43.3 Å². The molecule has 0 saturated carbocycles. The number of hydrogen-bond donors (Lipinski definition) is 2. The number of aromatic nitrogens is 4. The standard InChI is InChI=1S/C14H19N7O4/c1-7-12(21(24)25)8(2)20(17-7)9(3)13(22)16-10-6-19(5)18-11(10)14(23)15-4/h6,9H,1-5H3,(H,15,23)(H,16,22). The molecule has 0 aliphatic heterocycles. The Bertz CT molecular complexity index is 852. The zero-order chi connectivity index (χ0) is 18.9. The maximum Gasteiger partial charge on any atom is 0.312 e. The van der Waals surface area contributed by atoms with E-state index in [4.69, 9.17) is 0 Å². The molecule has 2 N–H and O–H groups in total. The first-order chi connectivity index (χ1) is 11.7. The molecule has 2 heterocycles. The number of anilines is 1. The van der Waals surface area contributed by atoms with Crippen LogP contribution < -0.4 is 10.6 Å². The zero-order valence-corrected chi connectivity index (χ0v) is 14.5. The second kappa shape index (κ2) is 6.71. The van der Waals surface area contributed by atoms with Crippen molar-refractivity contribution in [1.29, 1.82) is 0 Å². The van der Waals surface area contributed by atoms with Crippen molar-refractivity contribution in [3.8, 4) is 0 Å². The molecule has 0 radical (unpaired) electrons. The Kier molecular flexibility index (Phi) is 4.86. The van der Waals surface area contributed by atoms with Crippen molar-refractivity contribution in [2.75, 3.05) is 12.4 Å². The first-order valence-electron chi connectivity index (χ1n) is 7.44. The number of nitrogens with one attached hydrogen (secondary N) is 2. The van der Waals surface area contributed by atoms with Gasteiger partial charge in [0.25, 0.3) is 5.91 Å². The van der Waals surface area contributed by atoms with Crippen LogP contribution >= 0.6 is 0 Å². The van der Waals surface area contributed by atoms with Gasteiger partial charge in [-0.1, -0.05) is 0 Å². The molecule has 0 aliphatic rings. The van der Waals surface area contributed by atoms with Crippen LogP contribution in [0.15, 0.2) is 6.20 Å². The summed E-state index contributed by atoms with van der Waals surface area (Å²) in [4.78, 5) is 34.9. The molecular weight excluding hydrogens is 330 g/mol. The van der Waals surface area contributed by atoms with Crippen molar-refractivity contribution in [3.05, 3.63) is 33.4 Å². The van der Waals surface area contributed by atoms with Crippen LogP contribution in [0.25, 0.3) is 0 Å². The normalized spacial score (nSPS) is 11.9. The van der Waals surface area contributed by atoms with E-state index in [-0.39, 0.29) is 28.5 Å². The summed E-state index contributed by atoms with van der Waals surface area (Å²) in [6.07, 6.45) is 1.50. The number of carbonyl (C=O) groups is 2. The van der Waals surface area contributed by atoms with Crippen LogP contribution in [-0.2, 0) is 11.8 Å². The first kappa shape index (κ1) is 18.1. The summed E-state index contributed by atoms with van der Waals surface area (Å²) in [7, 11) is 3.08. The molecule has 2 aromatic heterocycles. The summed E-state index contributed by atoms with van der Waals surface area (Å²) in [5, 5.41) is 24.2. The second-order valence-corrected chi connectivity index (χ2v) is 5.53. The van der Waals surface area contributed by atoms with Crippen molar-refractivity contribution >= 4 is 23.2 Å². The molecule has 25 heavy (non-hydrogen) atoms. The van der Waals surface area contributed by atoms with Gasteiger partial charge in [0.15, 0.2) is 5.69 Å². The third-order valence-corrected chi connectivity index (χ3v) is 3.74. The maximum atomic E-state index is 12.5. The largest absolute Gasteiger partial charge is 0.354 e. The van der Waals surface area contributed by atoms with E-state index < -0.39 is 22.8 Å². The fourth-order valence-electron chi connectivity index (χ4n) is 2.51. The zero-order valence-electron chi connectivity index (χ0n) is 14.5. The predicted molar refractivity (Wildman–Crippen MR) is 88.3 cm³/mol. The summed E-state index contributed by atoms with van der Waals surface area (Å²) < 4.78 is 2.69. The minimum Gasteiger partial charge on any atom is -0.354 e. The van der Waals surface area contributed by atoms with Crippen LogP contribution in [0, 0.1) is 24.0 Å². The summed E-state index contributed by atoms with van der Waals surface area (Å²) >= 11 is 0. The highest BCUT2D eigenvalue weighted by Crippen LogP contribution is 2.25. The average molecular weight is 349 g/mol. The molecule has 11 heteroatoms. The third-order valence-electron chi connectivity index (χ3n) is 3.74. The van der Waals surface area contributed by atoms with Gasteiger partial charge in [-0.2, -0.15) is 10.2 Å². The van der Waals surface area contributed by atoms with Crippen LogP contribution in [0.1, 0.15) is 34.8 Å². The predicted octanol–water partition coefficient (Wildman–Crippen LogP) is 0.701. The molecule has 2 aromatic rings. The smallest absolute Gasteiger partial charge is 0.312 e. The SMILES string of the molecule is CNC(=O)c1nn(C)cc1NC(=O)C(C)n1nc(C)c([N+](=O)[O-])c1C. The van der Waals surface area contributed by atoms with Crippen molar-refractivity contribution in [3.63, 3.8) is 0 Å². The van der Waals surface area contributed by atoms with Crippen molar-refractivity contribution < 1.29 is 14.5 Å². The van der Waals surface area contributed by atoms with E-state index >= 15 is 0 Å². The summed E-state index contributed by atoms with van der Waals surface area (Å²) in [6, 6.07) is -0.815. The Morgan fingerprint density at radius 2 is 1.96 bits per heavy atom. The molecule has 0 fully saturated rings. The number of aryl methyl sites for hydroxylation is 2. The van der Waals surface area contributed by atoms with Gasteiger partial charge >= 0.3 is 5.69 Å². The summed E-state index contributed by atoms with van der Waals surface area (Å²) in [5.74, 6) is -0.913. The van der Waals surface area contributed by atoms with E-state index in [1.54, 1.807) is 14.0 Å². The Hall–Kier alpha value is -3.24. The number of amides is 2. The van der Waals surface area contributed by atoms with Crippen molar-refractivity contribution in [1.82, 2.24) is 24.9 Å². The van der Waals surface area contributed by atoms with E-state index in [0.29, 0.717) is 0 Å². The molecule has 134 valence electrons. The van der Waals surface area contributed by atoms with Gasteiger partial charge in [0.05, 0.1) is 10.6 Å². The Morgan fingerprint density at radius 1 is 1.32 bits per heavy atom. The van der Waals surface area contributed by atoms with Gasteiger partial charge in [0, 0.05) is 20.3 Å². The van der Waals surface area contributed by atoms with Gasteiger partial charge in [0.1, 0.15) is 17.4 Å². The van der Waals surface area contributed by atoms with Gasteiger partial charge in [-0.15, -0.1) is 0 Å². The van der Waals surface area contributed by atoms with Crippen molar-refractivity contribution in [2.45, 2.75) is 26.8 Å². The Labute approximate surface area is 143 Å². The van der Waals surface area contributed by atoms with E-state index in [1.807, 2.05) is 0 Å². The van der Waals surface area contributed by atoms with Crippen LogP contribution in [0.3, 0.4) is 0 Å². The van der Waals surface area contributed by atoms with Gasteiger partial charge in [-0.3, -0.25) is 29.1 Å². The van der Waals surface area contributed by atoms with Crippen LogP contribution in [0.5, 0.6) is 0 Å². The highest BCUT2D eigenvalue weighted by molar-refractivity contribution is 6.02. The maximum absolute atomic E-state index is 12.5. The molecule has 0 aliphatic carbocycles. The summed E-state index contributed by atoms with van der Waals surface area (Å²) in [5.41, 5.74) is 0.712. The fraction of sp³-hybridized carbons (Fsp3) is 0.429. The van der Waals surface area contributed by atoms with Gasteiger partial charge in [-0.05, 0) is 20.8 Å². The Morgan fingerprint density at radius 3 is 2.48 bits per heavy atom. The molecule has 2 rings (SSSR count). The molecule has 0 bridgehead atoms. The lowest BCUT2D eigenvalue weighted by Crippen LogP contribution is -2.27. The van der Waals surface area contributed by atoms with Crippen molar-refractivity contribution in [2.24, 2.45) is 7.05 Å². The topological polar surface area (TPSA) is 137 Å². The molecular formula is C14H19N7O4. The van der Waals surface area contributed by atoms with E-state index in [2.05, 4.69) is 20.8 Å². The fourth-order valence-corrected chi connectivity index (χ4v) is 2.51. The van der Waals surface area contributed by atoms with E-state index in [0.717, 1.165) is 0 Å². The minimum atomic E-state index is -0.815. The molecule has 0 saturated heterocycles. The lowest BCUT2D eigenvalue weighted by Gasteiger charge is -2.13. The summed E-state index contributed by atoms with van der Waals surface area (Å²) in [6.45, 7) is 4.60. The van der Waals surface area contributed by atoms with Crippen LogP contribution in [0.4, 0.5) is 11.4 Å². The molecule has 1 unspecified atom stereocenters. The monoisotopic (exact) mass is 349 g/mol. The number of nitrogens with zero attached hydrogens (tertiary/aromatic N) is 5. The number of hydrogen-bond acceptors (Lipinski definition) is 6. The first-order valence-corrected chi connectivity index (χ1v) is 7.44. The second-order valence-electron chi connectivity index (χ2n) is 5.53.